The number of benzene rings is 1. The maximum atomic E-state index is 13.1. The zero-order valence-corrected chi connectivity index (χ0v) is 13.1. The Bertz CT molecular complexity index is 882. The number of carbonyl (C=O) groups is 1. The van der Waals surface area contributed by atoms with Crippen molar-refractivity contribution >= 4 is 35.0 Å². The molecular weight excluding hydrogens is 337 g/mol. The molecule has 1 aromatic carbocycles. The third kappa shape index (κ3) is 3.66. The van der Waals surface area contributed by atoms with Crippen LogP contribution in [0.5, 0.6) is 0 Å². The third-order valence-electron chi connectivity index (χ3n) is 2.96. The molecule has 0 aliphatic carbocycles. The molecule has 3 aromatic rings. The zero-order valence-electron chi connectivity index (χ0n) is 12.4. The van der Waals surface area contributed by atoms with Gasteiger partial charge in [-0.25, -0.2) is 14.4 Å². The lowest BCUT2D eigenvalue weighted by Gasteiger charge is -2.06. The summed E-state index contributed by atoms with van der Waals surface area (Å²) in [6, 6.07) is 5.57. The Balaban J connectivity index is 1.68. The predicted octanol–water partition coefficient (Wildman–Crippen LogP) is 3.56. The molecule has 0 saturated carbocycles. The largest absolute Gasteiger partial charge is 0.360 e. The van der Waals surface area contributed by atoms with Gasteiger partial charge < -0.3 is 15.2 Å². The van der Waals surface area contributed by atoms with Gasteiger partial charge in [0.05, 0.1) is 10.6 Å². The molecule has 9 heteroatoms. The molecule has 1 amide bonds. The normalized spacial score (nSPS) is 10.5. The SMILES string of the molecule is Cc1cc(Nc2ncc(C(=O)Nc3ccc(F)c(Cl)c3)cn2)no1. The van der Waals surface area contributed by atoms with Crippen LogP contribution in [0.2, 0.25) is 5.02 Å². The molecule has 0 atom stereocenters. The molecule has 122 valence electrons. The number of nitrogens with zero attached hydrogens (tertiary/aromatic N) is 3. The van der Waals surface area contributed by atoms with E-state index in [1.54, 1.807) is 13.0 Å². The van der Waals surface area contributed by atoms with Crippen LogP contribution in [0, 0.1) is 12.7 Å². The van der Waals surface area contributed by atoms with Crippen molar-refractivity contribution in [3.8, 4) is 0 Å². The first kappa shape index (κ1) is 15.9. The van der Waals surface area contributed by atoms with E-state index < -0.39 is 11.7 Å². The summed E-state index contributed by atoms with van der Waals surface area (Å²) >= 11 is 5.67. The zero-order chi connectivity index (χ0) is 17.1. The van der Waals surface area contributed by atoms with Crippen LogP contribution in [0.1, 0.15) is 16.1 Å². The number of nitrogens with one attached hydrogen (secondary N) is 2. The number of aryl methyl sites for hydroxylation is 1. The number of hydrogen-bond donors (Lipinski definition) is 2. The fourth-order valence-electron chi connectivity index (χ4n) is 1.83. The van der Waals surface area contributed by atoms with Crippen LogP contribution < -0.4 is 10.6 Å². The lowest BCUT2D eigenvalue weighted by atomic mass is 10.2. The maximum absolute atomic E-state index is 13.1. The van der Waals surface area contributed by atoms with Gasteiger partial charge in [0.25, 0.3) is 5.91 Å². The summed E-state index contributed by atoms with van der Waals surface area (Å²) in [6.45, 7) is 1.76. The van der Waals surface area contributed by atoms with Crippen LogP contribution in [0.3, 0.4) is 0 Å². The molecule has 0 spiro atoms. The van der Waals surface area contributed by atoms with E-state index in [1.165, 1.54) is 30.6 Å². The van der Waals surface area contributed by atoms with Gasteiger partial charge in [-0.05, 0) is 25.1 Å². The Hall–Kier alpha value is -3.00. The second kappa shape index (κ2) is 6.63. The summed E-state index contributed by atoms with van der Waals surface area (Å²) < 4.78 is 18.0. The van der Waals surface area contributed by atoms with Crippen LogP contribution in [0.4, 0.5) is 21.8 Å². The van der Waals surface area contributed by atoms with Gasteiger partial charge in [-0.3, -0.25) is 4.79 Å². The molecule has 0 bridgehead atoms. The summed E-state index contributed by atoms with van der Waals surface area (Å²) in [6.07, 6.45) is 2.70. The molecule has 0 aliphatic rings. The van der Waals surface area contributed by atoms with Crippen LogP contribution in [-0.2, 0) is 0 Å². The molecule has 24 heavy (non-hydrogen) atoms. The lowest BCUT2D eigenvalue weighted by molar-refractivity contribution is 0.102. The fraction of sp³-hybridized carbons (Fsp3) is 0.0667. The van der Waals surface area contributed by atoms with Crippen molar-refractivity contribution in [1.29, 1.82) is 0 Å². The summed E-state index contributed by atoms with van der Waals surface area (Å²) in [4.78, 5) is 20.2. The topological polar surface area (TPSA) is 92.9 Å². The second-order valence-electron chi connectivity index (χ2n) is 4.83. The number of halogens is 2. The number of carbonyl (C=O) groups excluding carboxylic acids is 1. The predicted molar refractivity (Wildman–Crippen MR) is 85.9 cm³/mol. The van der Waals surface area contributed by atoms with Gasteiger partial charge in [0, 0.05) is 24.1 Å². The highest BCUT2D eigenvalue weighted by molar-refractivity contribution is 6.31. The van der Waals surface area contributed by atoms with Gasteiger partial charge in [0.2, 0.25) is 5.95 Å². The highest BCUT2D eigenvalue weighted by Gasteiger charge is 2.10. The number of anilines is 3. The first-order valence-electron chi connectivity index (χ1n) is 6.80. The number of amides is 1. The average molecular weight is 348 g/mol. The Kier molecular flexibility index (Phi) is 4.39. The van der Waals surface area contributed by atoms with Crippen LogP contribution in [-0.4, -0.2) is 21.0 Å². The van der Waals surface area contributed by atoms with E-state index in [0.717, 1.165) is 0 Å². The molecule has 2 heterocycles. The maximum Gasteiger partial charge on any atom is 0.258 e. The minimum absolute atomic E-state index is 0.0773. The van der Waals surface area contributed by atoms with E-state index >= 15 is 0 Å². The minimum Gasteiger partial charge on any atom is -0.360 e. The van der Waals surface area contributed by atoms with Crippen molar-refractivity contribution in [3.63, 3.8) is 0 Å². The van der Waals surface area contributed by atoms with Crippen LogP contribution in [0.25, 0.3) is 0 Å². The molecule has 3 rings (SSSR count). The van der Waals surface area contributed by atoms with E-state index in [-0.39, 0.29) is 16.5 Å². The van der Waals surface area contributed by atoms with Crippen molar-refractivity contribution in [1.82, 2.24) is 15.1 Å². The summed E-state index contributed by atoms with van der Waals surface area (Å²) in [5.41, 5.74) is 0.601. The highest BCUT2D eigenvalue weighted by Crippen LogP contribution is 2.20. The van der Waals surface area contributed by atoms with Crippen molar-refractivity contribution in [3.05, 3.63) is 58.8 Å². The van der Waals surface area contributed by atoms with Crippen LogP contribution >= 0.6 is 11.6 Å². The second-order valence-corrected chi connectivity index (χ2v) is 5.23. The molecule has 0 unspecified atom stereocenters. The number of hydrogen-bond acceptors (Lipinski definition) is 6. The van der Waals surface area contributed by atoms with Crippen LogP contribution in [0.15, 0.2) is 41.2 Å². The Morgan fingerprint density at radius 3 is 2.62 bits per heavy atom. The number of rotatable bonds is 4. The van der Waals surface area contributed by atoms with Gasteiger partial charge in [0.1, 0.15) is 11.6 Å². The Morgan fingerprint density at radius 2 is 2.00 bits per heavy atom. The highest BCUT2D eigenvalue weighted by atomic mass is 35.5. The summed E-state index contributed by atoms with van der Waals surface area (Å²) in [5.74, 6) is 0.375. The van der Waals surface area contributed by atoms with Gasteiger partial charge in [-0.1, -0.05) is 16.8 Å². The molecule has 0 aliphatic heterocycles. The lowest BCUT2D eigenvalue weighted by Crippen LogP contribution is -2.13. The van der Waals surface area contributed by atoms with Crippen molar-refractivity contribution < 1.29 is 13.7 Å². The minimum atomic E-state index is -0.559. The van der Waals surface area contributed by atoms with Gasteiger partial charge >= 0.3 is 0 Å². The van der Waals surface area contributed by atoms with Gasteiger partial charge in [-0.15, -0.1) is 0 Å². The first-order chi connectivity index (χ1) is 11.5. The van der Waals surface area contributed by atoms with Crippen molar-refractivity contribution in [2.24, 2.45) is 0 Å². The summed E-state index contributed by atoms with van der Waals surface area (Å²) in [5, 5.41) is 9.09. The summed E-state index contributed by atoms with van der Waals surface area (Å²) in [7, 11) is 0. The molecular formula is C15H11ClFN5O2. The molecule has 7 nitrogen and oxygen atoms in total. The van der Waals surface area contributed by atoms with E-state index in [0.29, 0.717) is 17.3 Å². The van der Waals surface area contributed by atoms with Gasteiger partial charge in [-0.2, -0.15) is 0 Å². The molecule has 2 N–H and O–H groups in total. The van der Waals surface area contributed by atoms with E-state index in [1.807, 2.05) is 0 Å². The van der Waals surface area contributed by atoms with E-state index in [2.05, 4.69) is 25.8 Å². The average Bonchev–Trinajstić information content (AvgIpc) is 2.96. The Morgan fingerprint density at radius 1 is 1.25 bits per heavy atom. The Labute approximate surface area is 140 Å². The molecule has 0 fully saturated rings. The molecule has 0 radical (unpaired) electrons. The van der Waals surface area contributed by atoms with Crippen molar-refractivity contribution in [2.45, 2.75) is 6.92 Å². The molecule has 0 saturated heterocycles. The smallest absolute Gasteiger partial charge is 0.258 e. The monoisotopic (exact) mass is 347 g/mol. The standard InChI is InChI=1S/C15H11ClFN5O2/c1-8-4-13(22-24-8)21-15-18-6-9(7-19-15)14(23)20-10-2-3-12(17)11(16)5-10/h2-7H,1H3,(H,20,23)(H,18,19,21,22). The quantitative estimate of drug-likeness (QED) is 0.749. The van der Waals surface area contributed by atoms with Gasteiger partial charge in [0.15, 0.2) is 5.82 Å². The first-order valence-corrected chi connectivity index (χ1v) is 7.18. The van der Waals surface area contributed by atoms with Crippen molar-refractivity contribution in [2.75, 3.05) is 10.6 Å². The van der Waals surface area contributed by atoms with E-state index in [4.69, 9.17) is 16.1 Å². The fourth-order valence-corrected chi connectivity index (χ4v) is 2.01. The number of aromatic nitrogens is 3. The molecule has 2 aromatic heterocycles. The van der Waals surface area contributed by atoms with E-state index in [9.17, 15) is 9.18 Å². The third-order valence-corrected chi connectivity index (χ3v) is 3.25.